The van der Waals surface area contributed by atoms with Gasteiger partial charge < -0.3 is 10.8 Å². The summed E-state index contributed by atoms with van der Waals surface area (Å²) in [5.74, 6) is 0. The number of hydrogen-bond acceptors (Lipinski definition) is 4. The fourth-order valence-corrected chi connectivity index (χ4v) is 1.06. The Morgan fingerprint density at radius 2 is 2.36 bits per heavy atom. The lowest BCUT2D eigenvalue weighted by Crippen LogP contribution is -2.29. The molecule has 0 bridgehead atoms. The summed E-state index contributed by atoms with van der Waals surface area (Å²) in [7, 11) is 0. The molecular formula is C9H18N4O. The van der Waals surface area contributed by atoms with E-state index in [-0.39, 0.29) is 6.04 Å². The van der Waals surface area contributed by atoms with Gasteiger partial charge in [-0.25, -0.2) is 4.68 Å². The molecule has 0 saturated carbocycles. The number of hydrogen-bond donors (Lipinski definition) is 2. The van der Waals surface area contributed by atoms with E-state index in [0.29, 0.717) is 13.0 Å². The highest BCUT2D eigenvalue weighted by Gasteiger charge is 2.19. The van der Waals surface area contributed by atoms with E-state index < -0.39 is 5.60 Å². The lowest BCUT2D eigenvalue weighted by atomic mass is 10.0. The van der Waals surface area contributed by atoms with Crippen molar-refractivity contribution in [3.05, 3.63) is 11.9 Å². The molecule has 1 heterocycles. The quantitative estimate of drug-likeness (QED) is 0.736. The molecular weight excluding hydrogens is 180 g/mol. The minimum atomic E-state index is -0.733. The average Bonchev–Trinajstić information content (AvgIpc) is 2.52. The first-order valence-electron chi connectivity index (χ1n) is 4.82. The van der Waals surface area contributed by atoms with Crippen molar-refractivity contribution in [2.45, 2.75) is 45.4 Å². The molecule has 0 spiro atoms. The van der Waals surface area contributed by atoms with Gasteiger partial charge in [-0.2, -0.15) is 0 Å². The maximum Gasteiger partial charge on any atom is 0.0991 e. The second kappa shape index (κ2) is 4.06. The zero-order valence-corrected chi connectivity index (χ0v) is 8.94. The second-order valence-electron chi connectivity index (χ2n) is 3.98. The van der Waals surface area contributed by atoms with Gasteiger partial charge in [0.25, 0.3) is 0 Å². The van der Waals surface area contributed by atoms with Crippen LogP contribution in [0.4, 0.5) is 0 Å². The molecule has 0 aliphatic carbocycles. The number of aromatic nitrogens is 3. The summed E-state index contributed by atoms with van der Waals surface area (Å²) in [6.45, 7) is 6.01. The van der Waals surface area contributed by atoms with E-state index in [4.69, 9.17) is 5.73 Å². The van der Waals surface area contributed by atoms with Crippen LogP contribution in [0.15, 0.2) is 6.20 Å². The van der Waals surface area contributed by atoms with E-state index in [1.807, 2.05) is 13.8 Å². The van der Waals surface area contributed by atoms with Crippen molar-refractivity contribution in [3.8, 4) is 0 Å². The normalized spacial score (nSPS) is 17.8. The minimum Gasteiger partial charge on any atom is -0.388 e. The van der Waals surface area contributed by atoms with Crippen LogP contribution in [-0.4, -0.2) is 25.7 Å². The Hall–Kier alpha value is -0.940. The van der Waals surface area contributed by atoms with Crippen LogP contribution in [0.1, 0.15) is 38.9 Å². The van der Waals surface area contributed by atoms with Gasteiger partial charge in [-0.15, -0.1) is 5.10 Å². The Bertz CT molecular complexity index is 293. The summed E-state index contributed by atoms with van der Waals surface area (Å²) in [4.78, 5) is 0. The van der Waals surface area contributed by atoms with Crippen LogP contribution in [0.5, 0.6) is 0 Å². The van der Waals surface area contributed by atoms with Crippen molar-refractivity contribution in [3.63, 3.8) is 0 Å². The SMILES string of the molecule is CCC(C)(O)Cn1cc(C(C)N)nn1. The van der Waals surface area contributed by atoms with E-state index in [9.17, 15) is 5.11 Å². The molecule has 1 aromatic heterocycles. The highest BCUT2D eigenvalue weighted by atomic mass is 16.3. The van der Waals surface area contributed by atoms with E-state index in [0.717, 1.165) is 5.69 Å². The van der Waals surface area contributed by atoms with Gasteiger partial charge >= 0.3 is 0 Å². The topological polar surface area (TPSA) is 77.0 Å². The van der Waals surface area contributed by atoms with Gasteiger partial charge in [0.1, 0.15) is 0 Å². The van der Waals surface area contributed by atoms with E-state index >= 15 is 0 Å². The average molecular weight is 198 g/mol. The second-order valence-corrected chi connectivity index (χ2v) is 3.98. The molecule has 1 rings (SSSR count). The molecule has 3 N–H and O–H groups in total. The molecule has 0 aliphatic heterocycles. The monoisotopic (exact) mass is 198 g/mol. The number of rotatable bonds is 4. The molecule has 0 aromatic carbocycles. The Balaban J connectivity index is 2.69. The Kier molecular flexibility index (Phi) is 3.23. The molecule has 5 nitrogen and oxygen atoms in total. The van der Waals surface area contributed by atoms with Crippen LogP contribution in [0, 0.1) is 0 Å². The predicted octanol–water partition coefficient (Wildman–Crippen LogP) is 0.459. The van der Waals surface area contributed by atoms with E-state index in [1.54, 1.807) is 17.8 Å². The summed E-state index contributed by atoms with van der Waals surface area (Å²) in [6.07, 6.45) is 2.45. The maximum absolute atomic E-state index is 9.80. The summed E-state index contributed by atoms with van der Waals surface area (Å²) in [5.41, 5.74) is 5.66. The highest BCUT2D eigenvalue weighted by molar-refractivity contribution is 4.97. The van der Waals surface area contributed by atoms with Crippen LogP contribution in [0.2, 0.25) is 0 Å². The van der Waals surface area contributed by atoms with Gasteiger partial charge in [0.05, 0.1) is 24.0 Å². The fourth-order valence-electron chi connectivity index (χ4n) is 1.06. The van der Waals surface area contributed by atoms with Crippen molar-refractivity contribution in [1.29, 1.82) is 0 Å². The smallest absolute Gasteiger partial charge is 0.0991 e. The number of aliphatic hydroxyl groups is 1. The molecule has 0 amide bonds. The first-order valence-corrected chi connectivity index (χ1v) is 4.82. The van der Waals surface area contributed by atoms with Gasteiger partial charge in [-0.05, 0) is 20.3 Å². The molecule has 2 atom stereocenters. The maximum atomic E-state index is 9.80. The van der Waals surface area contributed by atoms with Gasteiger partial charge in [-0.1, -0.05) is 12.1 Å². The predicted molar refractivity (Wildman–Crippen MR) is 53.5 cm³/mol. The molecule has 14 heavy (non-hydrogen) atoms. The zero-order chi connectivity index (χ0) is 10.8. The standard InChI is InChI=1S/C9H18N4O/c1-4-9(3,14)6-13-5-8(7(2)10)11-12-13/h5,7,14H,4,6,10H2,1-3H3. The van der Waals surface area contributed by atoms with E-state index in [1.165, 1.54) is 0 Å². The van der Waals surface area contributed by atoms with Crippen LogP contribution in [-0.2, 0) is 6.54 Å². The summed E-state index contributed by atoms with van der Waals surface area (Å²) >= 11 is 0. The first-order chi connectivity index (χ1) is 6.44. The Morgan fingerprint density at radius 3 is 2.79 bits per heavy atom. The molecule has 1 aromatic rings. The van der Waals surface area contributed by atoms with Gasteiger partial charge in [0.2, 0.25) is 0 Å². The van der Waals surface area contributed by atoms with Crippen LogP contribution in [0.25, 0.3) is 0 Å². The third-order valence-corrected chi connectivity index (χ3v) is 2.29. The first kappa shape index (κ1) is 11.1. The molecule has 2 unspecified atom stereocenters. The van der Waals surface area contributed by atoms with Crippen LogP contribution < -0.4 is 5.73 Å². The molecule has 0 radical (unpaired) electrons. The number of nitrogens with zero attached hydrogens (tertiary/aromatic N) is 3. The highest BCUT2D eigenvalue weighted by Crippen LogP contribution is 2.12. The molecule has 0 fully saturated rings. The summed E-state index contributed by atoms with van der Waals surface area (Å²) in [5, 5.41) is 17.6. The summed E-state index contributed by atoms with van der Waals surface area (Å²) in [6, 6.07) is -0.115. The van der Waals surface area contributed by atoms with Crippen molar-refractivity contribution < 1.29 is 5.11 Å². The Labute approximate surface area is 83.9 Å². The van der Waals surface area contributed by atoms with Crippen molar-refractivity contribution in [2.24, 2.45) is 5.73 Å². The largest absolute Gasteiger partial charge is 0.388 e. The molecule has 5 heteroatoms. The Morgan fingerprint density at radius 1 is 1.71 bits per heavy atom. The van der Waals surface area contributed by atoms with Crippen molar-refractivity contribution in [1.82, 2.24) is 15.0 Å². The molecule has 0 saturated heterocycles. The summed E-state index contributed by atoms with van der Waals surface area (Å²) < 4.78 is 1.63. The van der Waals surface area contributed by atoms with Crippen molar-refractivity contribution >= 4 is 0 Å². The zero-order valence-electron chi connectivity index (χ0n) is 8.94. The third kappa shape index (κ3) is 2.78. The molecule has 0 aliphatic rings. The minimum absolute atomic E-state index is 0.115. The van der Waals surface area contributed by atoms with Gasteiger partial charge in [-0.3, -0.25) is 0 Å². The van der Waals surface area contributed by atoms with Crippen LogP contribution in [0.3, 0.4) is 0 Å². The number of nitrogens with two attached hydrogens (primary N) is 1. The lowest BCUT2D eigenvalue weighted by Gasteiger charge is -2.20. The lowest BCUT2D eigenvalue weighted by molar-refractivity contribution is 0.0339. The van der Waals surface area contributed by atoms with Crippen LogP contribution >= 0.6 is 0 Å². The fraction of sp³-hybridized carbons (Fsp3) is 0.778. The van der Waals surface area contributed by atoms with Gasteiger partial charge in [0, 0.05) is 6.04 Å². The van der Waals surface area contributed by atoms with E-state index in [2.05, 4.69) is 10.3 Å². The van der Waals surface area contributed by atoms with Gasteiger partial charge in [0.15, 0.2) is 0 Å². The molecule has 80 valence electrons. The van der Waals surface area contributed by atoms with Crippen molar-refractivity contribution in [2.75, 3.05) is 0 Å². The third-order valence-electron chi connectivity index (χ3n) is 2.29.